The number of phenolic OH excluding ortho intramolecular Hbond substituents is 1. The quantitative estimate of drug-likeness (QED) is 0.742. The number of hydrogen-bond donors (Lipinski definition) is 3. The molecule has 0 bridgehead atoms. The van der Waals surface area contributed by atoms with Crippen molar-refractivity contribution in [1.29, 1.82) is 0 Å². The molecule has 0 aromatic heterocycles. The first-order valence-corrected chi connectivity index (χ1v) is 8.31. The van der Waals surface area contributed by atoms with E-state index in [4.69, 9.17) is 0 Å². The van der Waals surface area contributed by atoms with Crippen molar-refractivity contribution in [2.75, 3.05) is 6.54 Å². The molecular formula is C19H21N3O3. The predicted octanol–water partition coefficient (Wildman–Crippen LogP) is 1.82. The number of benzene rings is 2. The van der Waals surface area contributed by atoms with E-state index in [1.165, 1.54) is 12.1 Å². The molecule has 0 aliphatic carbocycles. The zero-order chi connectivity index (χ0) is 17.6. The summed E-state index contributed by atoms with van der Waals surface area (Å²) >= 11 is 0. The van der Waals surface area contributed by atoms with Crippen LogP contribution in [0.1, 0.15) is 28.8 Å². The van der Waals surface area contributed by atoms with E-state index in [0.717, 1.165) is 24.9 Å². The normalized spacial score (nSPS) is 17.2. The average Bonchev–Trinajstić information content (AvgIpc) is 3.09. The lowest BCUT2D eigenvalue weighted by molar-refractivity contribution is -0.126. The summed E-state index contributed by atoms with van der Waals surface area (Å²) in [5.41, 5.74) is 6.12. The molecular weight excluding hydrogens is 318 g/mol. The second-order valence-corrected chi connectivity index (χ2v) is 6.07. The van der Waals surface area contributed by atoms with Gasteiger partial charge >= 0.3 is 0 Å². The number of phenols is 1. The van der Waals surface area contributed by atoms with Gasteiger partial charge in [0.05, 0.1) is 11.6 Å². The summed E-state index contributed by atoms with van der Waals surface area (Å²) in [4.78, 5) is 26.6. The molecule has 3 rings (SSSR count). The summed E-state index contributed by atoms with van der Waals surface area (Å²) in [6.07, 6.45) is 1.70. The van der Waals surface area contributed by atoms with Crippen LogP contribution in [0.3, 0.4) is 0 Å². The Bertz CT molecular complexity index is 749. The van der Waals surface area contributed by atoms with Crippen LogP contribution < -0.4 is 10.9 Å². The predicted molar refractivity (Wildman–Crippen MR) is 93.6 cm³/mol. The number of carbonyl (C=O) groups excluding carboxylic acids is 2. The topological polar surface area (TPSA) is 81.7 Å². The molecule has 1 aliphatic rings. The minimum atomic E-state index is -0.543. The lowest BCUT2D eigenvalue weighted by atomic mass is 10.1. The molecule has 2 aromatic carbocycles. The Hall–Kier alpha value is -2.86. The second-order valence-electron chi connectivity index (χ2n) is 6.07. The third kappa shape index (κ3) is 4.16. The van der Waals surface area contributed by atoms with Crippen LogP contribution >= 0.6 is 0 Å². The number of likely N-dealkylation sites (tertiary alicyclic amines) is 1. The lowest BCUT2D eigenvalue weighted by Gasteiger charge is -2.23. The van der Waals surface area contributed by atoms with Gasteiger partial charge in [-0.2, -0.15) is 0 Å². The minimum absolute atomic E-state index is 0.121. The molecule has 2 aromatic rings. The molecule has 0 radical (unpaired) electrons. The van der Waals surface area contributed by atoms with Gasteiger partial charge in [0.15, 0.2) is 0 Å². The number of hydrogen-bond acceptors (Lipinski definition) is 4. The van der Waals surface area contributed by atoms with Gasteiger partial charge in [-0.1, -0.05) is 42.5 Å². The van der Waals surface area contributed by atoms with Crippen molar-refractivity contribution in [3.05, 3.63) is 65.7 Å². The first-order valence-electron chi connectivity index (χ1n) is 8.31. The zero-order valence-electron chi connectivity index (χ0n) is 13.8. The second kappa shape index (κ2) is 7.81. The maximum absolute atomic E-state index is 12.4. The Kier molecular flexibility index (Phi) is 5.30. The SMILES string of the molecule is O=C(NNC(=O)C1CCCN1Cc1ccccc1)c1ccccc1O. The maximum atomic E-state index is 12.4. The number of aromatic hydroxyl groups is 1. The smallest absolute Gasteiger partial charge is 0.273 e. The summed E-state index contributed by atoms with van der Waals surface area (Å²) in [5.74, 6) is -0.905. The van der Waals surface area contributed by atoms with Gasteiger partial charge in [-0.3, -0.25) is 25.3 Å². The zero-order valence-corrected chi connectivity index (χ0v) is 13.8. The van der Waals surface area contributed by atoms with Crippen molar-refractivity contribution < 1.29 is 14.7 Å². The van der Waals surface area contributed by atoms with E-state index >= 15 is 0 Å². The minimum Gasteiger partial charge on any atom is -0.507 e. The van der Waals surface area contributed by atoms with Gasteiger partial charge in [-0.05, 0) is 37.1 Å². The van der Waals surface area contributed by atoms with Crippen LogP contribution in [0.4, 0.5) is 0 Å². The Morgan fingerprint density at radius 1 is 1.04 bits per heavy atom. The molecule has 0 saturated carbocycles. The van der Waals surface area contributed by atoms with Crippen molar-refractivity contribution >= 4 is 11.8 Å². The van der Waals surface area contributed by atoms with Crippen LogP contribution in [-0.2, 0) is 11.3 Å². The summed E-state index contributed by atoms with van der Waals surface area (Å²) in [6.45, 7) is 1.55. The van der Waals surface area contributed by atoms with E-state index in [-0.39, 0.29) is 23.3 Å². The molecule has 6 nitrogen and oxygen atoms in total. The number of para-hydroxylation sites is 1. The highest BCUT2D eigenvalue weighted by atomic mass is 16.3. The van der Waals surface area contributed by atoms with Crippen molar-refractivity contribution in [1.82, 2.24) is 15.8 Å². The molecule has 25 heavy (non-hydrogen) atoms. The van der Waals surface area contributed by atoms with E-state index in [1.54, 1.807) is 12.1 Å². The van der Waals surface area contributed by atoms with Crippen molar-refractivity contribution in [2.45, 2.75) is 25.4 Å². The van der Waals surface area contributed by atoms with Gasteiger partial charge in [0, 0.05) is 6.54 Å². The van der Waals surface area contributed by atoms with Gasteiger partial charge in [0.1, 0.15) is 5.75 Å². The summed E-state index contributed by atoms with van der Waals surface area (Å²) in [6, 6.07) is 15.9. The molecule has 0 spiro atoms. The standard InChI is InChI=1S/C19H21N3O3/c23-17-11-5-4-9-15(17)18(24)20-21-19(25)16-10-6-12-22(16)13-14-7-2-1-3-8-14/h1-5,7-9,11,16,23H,6,10,12-13H2,(H,20,24)(H,21,25). The summed E-state index contributed by atoms with van der Waals surface area (Å²) < 4.78 is 0. The largest absolute Gasteiger partial charge is 0.507 e. The van der Waals surface area contributed by atoms with Gasteiger partial charge in [0.2, 0.25) is 0 Å². The van der Waals surface area contributed by atoms with Crippen molar-refractivity contribution in [3.63, 3.8) is 0 Å². The highest BCUT2D eigenvalue weighted by molar-refractivity contribution is 5.98. The Morgan fingerprint density at radius 2 is 1.76 bits per heavy atom. The highest BCUT2D eigenvalue weighted by Gasteiger charge is 2.30. The van der Waals surface area contributed by atoms with Crippen LogP contribution in [-0.4, -0.2) is 34.4 Å². The van der Waals surface area contributed by atoms with Gasteiger partial charge in [-0.15, -0.1) is 0 Å². The molecule has 1 heterocycles. The number of carbonyl (C=O) groups is 2. The molecule has 1 saturated heterocycles. The van der Waals surface area contributed by atoms with E-state index in [9.17, 15) is 14.7 Å². The van der Waals surface area contributed by atoms with Crippen LogP contribution in [0.15, 0.2) is 54.6 Å². The maximum Gasteiger partial charge on any atom is 0.273 e. The number of nitrogens with one attached hydrogen (secondary N) is 2. The molecule has 1 aliphatic heterocycles. The van der Waals surface area contributed by atoms with E-state index in [2.05, 4.69) is 15.8 Å². The first-order chi connectivity index (χ1) is 12.1. The van der Waals surface area contributed by atoms with Gasteiger partial charge < -0.3 is 5.11 Å². The fourth-order valence-electron chi connectivity index (χ4n) is 3.06. The Balaban J connectivity index is 1.57. The molecule has 2 amide bonds. The van der Waals surface area contributed by atoms with E-state index in [1.807, 2.05) is 30.3 Å². The van der Waals surface area contributed by atoms with Crippen LogP contribution in [0.25, 0.3) is 0 Å². The van der Waals surface area contributed by atoms with E-state index < -0.39 is 5.91 Å². The van der Waals surface area contributed by atoms with Gasteiger partial charge in [-0.25, -0.2) is 0 Å². The molecule has 6 heteroatoms. The highest BCUT2D eigenvalue weighted by Crippen LogP contribution is 2.20. The molecule has 1 fully saturated rings. The number of amides is 2. The molecule has 1 unspecified atom stereocenters. The fraction of sp³-hybridized carbons (Fsp3) is 0.263. The molecule has 130 valence electrons. The number of nitrogens with zero attached hydrogens (tertiary/aromatic N) is 1. The van der Waals surface area contributed by atoms with E-state index in [0.29, 0.717) is 6.54 Å². The summed E-state index contributed by atoms with van der Waals surface area (Å²) in [7, 11) is 0. The Morgan fingerprint density at radius 3 is 2.52 bits per heavy atom. The van der Waals surface area contributed by atoms with Crippen molar-refractivity contribution in [3.8, 4) is 5.75 Å². The van der Waals surface area contributed by atoms with Gasteiger partial charge in [0.25, 0.3) is 11.8 Å². The fourth-order valence-corrected chi connectivity index (χ4v) is 3.06. The van der Waals surface area contributed by atoms with Crippen molar-refractivity contribution in [2.24, 2.45) is 0 Å². The van der Waals surface area contributed by atoms with Crippen LogP contribution in [0, 0.1) is 0 Å². The molecule has 1 atom stereocenters. The monoisotopic (exact) mass is 339 g/mol. The van der Waals surface area contributed by atoms with Crippen LogP contribution in [0.2, 0.25) is 0 Å². The first kappa shape index (κ1) is 17.0. The lowest BCUT2D eigenvalue weighted by Crippen LogP contribution is -2.50. The third-order valence-electron chi connectivity index (χ3n) is 4.34. The number of rotatable bonds is 4. The average molecular weight is 339 g/mol. The Labute approximate surface area is 146 Å². The number of hydrazine groups is 1. The third-order valence-corrected chi connectivity index (χ3v) is 4.34. The summed E-state index contributed by atoms with van der Waals surface area (Å²) in [5, 5.41) is 9.68. The molecule has 3 N–H and O–H groups in total. The van der Waals surface area contributed by atoms with Crippen LogP contribution in [0.5, 0.6) is 5.75 Å².